The molecule has 0 saturated heterocycles. The third kappa shape index (κ3) is 4.70. The molecule has 0 heterocycles. The lowest BCUT2D eigenvalue weighted by Gasteiger charge is -2.16. The molecule has 0 saturated carbocycles. The molecule has 4 N–H and O–H groups in total. The van der Waals surface area contributed by atoms with Crippen molar-refractivity contribution in [2.24, 2.45) is 11.7 Å². The summed E-state index contributed by atoms with van der Waals surface area (Å²) in [5, 5.41) is 11.4. The summed E-state index contributed by atoms with van der Waals surface area (Å²) in [6.45, 7) is 0. The molecule has 7 nitrogen and oxygen atoms in total. The molecule has 0 radical (unpaired) electrons. The molecule has 106 valence electrons. The SMILES string of the molecule is COC(=O)CC[C@H](NC(=O)C1C=CC(N)C1)C(=O)O. The van der Waals surface area contributed by atoms with Crippen LogP contribution < -0.4 is 11.1 Å². The third-order valence-electron chi connectivity index (χ3n) is 2.93. The summed E-state index contributed by atoms with van der Waals surface area (Å²) < 4.78 is 4.43. The third-order valence-corrected chi connectivity index (χ3v) is 2.93. The zero-order valence-electron chi connectivity index (χ0n) is 10.7. The predicted octanol–water partition coefficient (Wildman–Crippen LogP) is -0.588. The minimum absolute atomic E-state index is 0.00374. The highest BCUT2D eigenvalue weighted by Gasteiger charge is 2.27. The van der Waals surface area contributed by atoms with Gasteiger partial charge in [0.1, 0.15) is 6.04 Å². The zero-order valence-corrected chi connectivity index (χ0v) is 10.7. The highest BCUT2D eigenvalue weighted by Crippen LogP contribution is 2.16. The van der Waals surface area contributed by atoms with E-state index in [4.69, 9.17) is 10.8 Å². The second kappa shape index (κ2) is 6.89. The number of carboxylic acid groups (broad SMARTS) is 1. The van der Waals surface area contributed by atoms with Gasteiger partial charge in [0.05, 0.1) is 13.0 Å². The normalized spacial score (nSPS) is 22.8. The number of ether oxygens (including phenoxy) is 1. The maximum absolute atomic E-state index is 11.8. The van der Waals surface area contributed by atoms with Crippen LogP contribution in [0.15, 0.2) is 12.2 Å². The van der Waals surface area contributed by atoms with Crippen molar-refractivity contribution < 1.29 is 24.2 Å². The average Bonchev–Trinajstić information content (AvgIpc) is 2.80. The summed E-state index contributed by atoms with van der Waals surface area (Å²) in [5.74, 6) is -2.48. The first-order chi connectivity index (χ1) is 8.93. The molecule has 0 bridgehead atoms. The molecule has 0 aliphatic heterocycles. The van der Waals surface area contributed by atoms with Crippen LogP contribution in [-0.2, 0) is 19.1 Å². The number of aliphatic carboxylic acids is 1. The van der Waals surface area contributed by atoms with E-state index in [9.17, 15) is 14.4 Å². The first-order valence-electron chi connectivity index (χ1n) is 5.98. The molecule has 19 heavy (non-hydrogen) atoms. The molecule has 1 aliphatic rings. The Morgan fingerprint density at radius 2 is 2.16 bits per heavy atom. The molecule has 0 fully saturated rings. The van der Waals surface area contributed by atoms with E-state index in [-0.39, 0.29) is 24.8 Å². The molecule has 1 rings (SSSR count). The van der Waals surface area contributed by atoms with Crippen LogP contribution in [0.1, 0.15) is 19.3 Å². The molecule has 0 aromatic carbocycles. The molecule has 3 atom stereocenters. The van der Waals surface area contributed by atoms with Crippen LogP contribution in [0.3, 0.4) is 0 Å². The van der Waals surface area contributed by atoms with Crippen LogP contribution in [0.5, 0.6) is 0 Å². The number of esters is 1. The number of carboxylic acids is 1. The van der Waals surface area contributed by atoms with Crippen molar-refractivity contribution in [3.8, 4) is 0 Å². The zero-order chi connectivity index (χ0) is 14.4. The van der Waals surface area contributed by atoms with Crippen LogP contribution in [0.25, 0.3) is 0 Å². The van der Waals surface area contributed by atoms with Crippen molar-refractivity contribution in [2.45, 2.75) is 31.3 Å². The highest BCUT2D eigenvalue weighted by atomic mass is 16.5. The van der Waals surface area contributed by atoms with Crippen molar-refractivity contribution in [3.05, 3.63) is 12.2 Å². The van der Waals surface area contributed by atoms with Gasteiger partial charge in [0, 0.05) is 12.5 Å². The fourth-order valence-electron chi connectivity index (χ4n) is 1.82. The van der Waals surface area contributed by atoms with E-state index in [0.717, 1.165) is 0 Å². The van der Waals surface area contributed by atoms with Gasteiger partial charge in [-0.2, -0.15) is 0 Å². The van der Waals surface area contributed by atoms with Crippen molar-refractivity contribution >= 4 is 17.8 Å². The topological polar surface area (TPSA) is 119 Å². The van der Waals surface area contributed by atoms with Crippen LogP contribution >= 0.6 is 0 Å². The number of hydrogen-bond donors (Lipinski definition) is 3. The Labute approximate surface area is 110 Å². The number of nitrogens with one attached hydrogen (secondary N) is 1. The summed E-state index contributed by atoms with van der Waals surface area (Å²) in [7, 11) is 1.22. The number of hydrogen-bond acceptors (Lipinski definition) is 5. The molecule has 7 heteroatoms. The summed E-state index contributed by atoms with van der Waals surface area (Å²) in [6.07, 6.45) is 3.78. The quantitative estimate of drug-likeness (QED) is 0.438. The van der Waals surface area contributed by atoms with E-state index in [2.05, 4.69) is 10.1 Å². The number of methoxy groups -OCH3 is 1. The molecule has 0 spiro atoms. The molecule has 2 unspecified atom stereocenters. The molecule has 0 aromatic rings. The first-order valence-corrected chi connectivity index (χ1v) is 5.98. The maximum atomic E-state index is 11.8. The van der Waals surface area contributed by atoms with Gasteiger partial charge in [-0.1, -0.05) is 12.2 Å². The predicted molar refractivity (Wildman–Crippen MR) is 66.0 cm³/mol. The van der Waals surface area contributed by atoms with E-state index in [0.29, 0.717) is 6.42 Å². The summed E-state index contributed by atoms with van der Waals surface area (Å²) in [4.78, 5) is 33.8. The van der Waals surface area contributed by atoms with Crippen LogP contribution in [0, 0.1) is 5.92 Å². The van der Waals surface area contributed by atoms with Gasteiger partial charge in [-0.3, -0.25) is 9.59 Å². The fourth-order valence-corrected chi connectivity index (χ4v) is 1.82. The van der Waals surface area contributed by atoms with Crippen molar-refractivity contribution in [2.75, 3.05) is 7.11 Å². The Bertz CT molecular complexity index is 394. The molecule has 1 amide bonds. The second-order valence-electron chi connectivity index (χ2n) is 4.41. The van der Waals surface area contributed by atoms with Crippen molar-refractivity contribution in [3.63, 3.8) is 0 Å². The lowest BCUT2D eigenvalue weighted by Crippen LogP contribution is -2.43. The van der Waals surface area contributed by atoms with E-state index >= 15 is 0 Å². The van der Waals surface area contributed by atoms with Crippen LogP contribution in [-0.4, -0.2) is 42.1 Å². The van der Waals surface area contributed by atoms with Gasteiger partial charge in [0.25, 0.3) is 0 Å². The van der Waals surface area contributed by atoms with Gasteiger partial charge in [-0.25, -0.2) is 4.79 Å². The standard InChI is InChI=1S/C12H18N2O5/c1-19-10(15)5-4-9(12(17)18)14-11(16)7-2-3-8(13)6-7/h2-3,7-9H,4-6,13H2,1H3,(H,14,16)(H,17,18)/t7?,8?,9-/m0/s1. The van der Waals surface area contributed by atoms with E-state index < -0.39 is 23.9 Å². The lowest BCUT2D eigenvalue weighted by atomic mass is 10.1. The number of amides is 1. The monoisotopic (exact) mass is 270 g/mol. The highest BCUT2D eigenvalue weighted by molar-refractivity contribution is 5.86. The van der Waals surface area contributed by atoms with Gasteiger partial charge in [0.15, 0.2) is 0 Å². The number of nitrogens with two attached hydrogens (primary N) is 1. The Balaban J connectivity index is 2.49. The minimum Gasteiger partial charge on any atom is -0.480 e. The smallest absolute Gasteiger partial charge is 0.326 e. The van der Waals surface area contributed by atoms with Crippen molar-refractivity contribution in [1.29, 1.82) is 0 Å². The number of carbonyl (C=O) groups is 3. The first kappa shape index (κ1) is 15.2. The van der Waals surface area contributed by atoms with Crippen LogP contribution in [0.2, 0.25) is 0 Å². The average molecular weight is 270 g/mol. The van der Waals surface area contributed by atoms with Crippen LogP contribution in [0.4, 0.5) is 0 Å². The Hall–Kier alpha value is -1.89. The molecule has 0 aromatic heterocycles. The maximum Gasteiger partial charge on any atom is 0.326 e. The van der Waals surface area contributed by atoms with Gasteiger partial charge in [-0.05, 0) is 12.8 Å². The summed E-state index contributed by atoms with van der Waals surface area (Å²) in [6, 6.07) is -1.27. The lowest BCUT2D eigenvalue weighted by molar-refractivity contribution is -0.144. The molecular weight excluding hydrogens is 252 g/mol. The molecular formula is C12H18N2O5. The summed E-state index contributed by atoms with van der Waals surface area (Å²) in [5.41, 5.74) is 5.63. The number of rotatable bonds is 6. The van der Waals surface area contributed by atoms with Gasteiger partial charge in [-0.15, -0.1) is 0 Å². The Kier molecular flexibility index (Phi) is 5.50. The Morgan fingerprint density at radius 1 is 1.47 bits per heavy atom. The van der Waals surface area contributed by atoms with Crippen molar-refractivity contribution in [1.82, 2.24) is 5.32 Å². The number of carbonyl (C=O) groups excluding carboxylic acids is 2. The van der Waals surface area contributed by atoms with Gasteiger partial charge >= 0.3 is 11.9 Å². The Morgan fingerprint density at radius 3 is 2.63 bits per heavy atom. The van der Waals surface area contributed by atoms with Gasteiger partial charge < -0.3 is 20.9 Å². The summed E-state index contributed by atoms with van der Waals surface area (Å²) >= 11 is 0. The molecule has 1 aliphatic carbocycles. The van der Waals surface area contributed by atoms with E-state index in [1.54, 1.807) is 12.2 Å². The largest absolute Gasteiger partial charge is 0.480 e. The second-order valence-corrected chi connectivity index (χ2v) is 4.41. The van der Waals surface area contributed by atoms with E-state index in [1.165, 1.54) is 7.11 Å². The van der Waals surface area contributed by atoms with E-state index in [1.807, 2.05) is 0 Å². The minimum atomic E-state index is -1.18. The fraction of sp³-hybridized carbons (Fsp3) is 0.583. The van der Waals surface area contributed by atoms with Gasteiger partial charge in [0.2, 0.25) is 5.91 Å².